The van der Waals surface area contributed by atoms with Crippen LogP contribution in [0, 0.1) is 0 Å². The van der Waals surface area contributed by atoms with E-state index in [0.717, 1.165) is 22.4 Å². The monoisotopic (exact) mass is 241 g/mol. The maximum atomic E-state index is 11.5. The molecule has 0 bridgehead atoms. The third-order valence-electron chi connectivity index (χ3n) is 2.85. The molecule has 2 aromatic carbocycles. The number of nitrogens with one attached hydrogen (secondary N) is 1. The first-order chi connectivity index (χ1) is 8.34. The van der Waals surface area contributed by atoms with Gasteiger partial charge < -0.3 is 5.32 Å². The van der Waals surface area contributed by atoms with E-state index in [4.69, 9.17) is 0 Å². The van der Waals surface area contributed by atoms with Crippen LogP contribution in [-0.2, 0) is 9.67 Å². The summed E-state index contributed by atoms with van der Waals surface area (Å²) >= 11 is 1.56. The first-order valence-electron chi connectivity index (χ1n) is 5.42. The second-order valence-corrected chi connectivity index (χ2v) is 5.23. The highest BCUT2D eigenvalue weighted by molar-refractivity contribution is 8.01. The van der Waals surface area contributed by atoms with E-state index >= 15 is 0 Å². The normalized spacial score (nSPS) is 21.6. The van der Waals surface area contributed by atoms with Crippen LogP contribution in [0.4, 0.5) is 5.69 Å². The van der Waals surface area contributed by atoms with Crippen molar-refractivity contribution in [2.24, 2.45) is 0 Å². The molecule has 0 aliphatic carbocycles. The van der Waals surface area contributed by atoms with Crippen molar-refractivity contribution in [3.63, 3.8) is 0 Å². The molecule has 1 atom stereocenters. The fraction of sp³-hybridized carbons (Fsp3) is 0.0714. The van der Waals surface area contributed by atoms with Gasteiger partial charge in [-0.05, 0) is 17.7 Å². The predicted octanol–water partition coefficient (Wildman–Crippen LogP) is 3.26. The minimum atomic E-state index is -0.676. The van der Waals surface area contributed by atoms with Crippen LogP contribution in [0.3, 0.4) is 0 Å². The highest BCUT2D eigenvalue weighted by Gasteiger charge is 2.39. The van der Waals surface area contributed by atoms with Crippen LogP contribution in [0.15, 0.2) is 59.5 Å². The van der Waals surface area contributed by atoms with Crippen LogP contribution >= 0.6 is 11.8 Å². The lowest BCUT2D eigenvalue weighted by molar-refractivity contribution is -0.109. The van der Waals surface area contributed by atoms with E-state index in [2.05, 4.69) is 5.32 Å². The Labute approximate surface area is 104 Å². The molecule has 0 amide bonds. The smallest absolute Gasteiger partial charge is 0.170 e. The number of thioether (sulfide) groups is 1. The zero-order valence-electron chi connectivity index (χ0n) is 9.09. The zero-order chi connectivity index (χ0) is 11.7. The highest BCUT2D eigenvalue weighted by Crippen LogP contribution is 2.49. The Morgan fingerprint density at radius 1 is 1.00 bits per heavy atom. The van der Waals surface area contributed by atoms with Crippen molar-refractivity contribution in [1.29, 1.82) is 0 Å². The predicted molar refractivity (Wildman–Crippen MR) is 70.1 cm³/mol. The Hall–Kier alpha value is -1.74. The summed E-state index contributed by atoms with van der Waals surface area (Å²) in [5, 5.41) is 3.31. The van der Waals surface area contributed by atoms with Crippen molar-refractivity contribution in [2.75, 3.05) is 5.32 Å². The number of para-hydroxylation sites is 1. The van der Waals surface area contributed by atoms with E-state index < -0.39 is 4.87 Å². The van der Waals surface area contributed by atoms with E-state index in [-0.39, 0.29) is 0 Å². The van der Waals surface area contributed by atoms with Crippen LogP contribution in [0.5, 0.6) is 0 Å². The number of benzene rings is 2. The van der Waals surface area contributed by atoms with Gasteiger partial charge in [-0.3, -0.25) is 4.79 Å². The summed E-state index contributed by atoms with van der Waals surface area (Å²) in [7, 11) is 0. The molecule has 1 heterocycles. The van der Waals surface area contributed by atoms with Gasteiger partial charge in [0.25, 0.3) is 0 Å². The lowest BCUT2D eigenvalue weighted by Crippen LogP contribution is -2.29. The van der Waals surface area contributed by atoms with Gasteiger partial charge in [0.1, 0.15) is 0 Å². The van der Waals surface area contributed by atoms with E-state index in [0.29, 0.717) is 0 Å². The van der Waals surface area contributed by atoms with E-state index in [9.17, 15) is 4.79 Å². The largest absolute Gasteiger partial charge is 0.360 e. The summed E-state index contributed by atoms with van der Waals surface area (Å²) in [4.78, 5) is 12.0. The fourth-order valence-corrected chi connectivity index (χ4v) is 3.18. The molecule has 3 heteroatoms. The van der Waals surface area contributed by atoms with Gasteiger partial charge in [-0.15, -0.1) is 0 Å². The second-order valence-electron chi connectivity index (χ2n) is 3.94. The van der Waals surface area contributed by atoms with Crippen molar-refractivity contribution in [3.05, 3.63) is 60.2 Å². The number of aldehydes is 1. The molecule has 0 aromatic heterocycles. The molecule has 3 rings (SSSR count). The molecule has 1 N–H and O–H groups in total. The van der Waals surface area contributed by atoms with Crippen molar-refractivity contribution in [3.8, 4) is 0 Å². The summed E-state index contributed by atoms with van der Waals surface area (Å²) in [5.41, 5.74) is 2.00. The van der Waals surface area contributed by atoms with Gasteiger partial charge in [0.2, 0.25) is 0 Å². The molecule has 1 aliphatic rings. The average Bonchev–Trinajstić information content (AvgIpc) is 2.79. The van der Waals surface area contributed by atoms with Crippen molar-refractivity contribution in [2.45, 2.75) is 9.77 Å². The summed E-state index contributed by atoms with van der Waals surface area (Å²) in [5.74, 6) is 0. The maximum absolute atomic E-state index is 11.5. The SMILES string of the molecule is O=CC1(c2ccccc2)Nc2ccccc2S1. The van der Waals surface area contributed by atoms with E-state index in [1.165, 1.54) is 0 Å². The summed E-state index contributed by atoms with van der Waals surface area (Å²) in [6.45, 7) is 0. The van der Waals surface area contributed by atoms with Crippen molar-refractivity contribution < 1.29 is 4.79 Å². The molecule has 0 saturated heterocycles. The lowest BCUT2D eigenvalue weighted by Gasteiger charge is -2.22. The van der Waals surface area contributed by atoms with Gasteiger partial charge in [0, 0.05) is 10.6 Å². The van der Waals surface area contributed by atoms with Gasteiger partial charge in [-0.2, -0.15) is 0 Å². The standard InChI is InChI=1S/C14H11NOS/c16-10-14(11-6-2-1-3-7-11)15-12-8-4-5-9-13(12)17-14/h1-10,15H. The Morgan fingerprint density at radius 2 is 1.71 bits per heavy atom. The number of anilines is 1. The highest BCUT2D eigenvalue weighted by atomic mass is 32.2. The zero-order valence-corrected chi connectivity index (χ0v) is 9.91. The average molecular weight is 241 g/mol. The van der Waals surface area contributed by atoms with Crippen molar-refractivity contribution in [1.82, 2.24) is 0 Å². The van der Waals surface area contributed by atoms with E-state index in [1.807, 2.05) is 54.6 Å². The third-order valence-corrected chi connectivity index (χ3v) is 4.18. The number of rotatable bonds is 2. The van der Waals surface area contributed by atoms with Crippen molar-refractivity contribution >= 4 is 23.7 Å². The quantitative estimate of drug-likeness (QED) is 0.818. The summed E-state index contributed by atoms with van der Waals surface area (Å²) in [6, 6.07) is 17.8. The number of hydrogen-bond acceptors (Lipinski definition) is 3. The Bertz CT molecular complexity index is 528. The van der Waals surface area contributed by atoms with E-state index in [1.54, 1.807) is 11.8 Å². The number of carbonyl (C=O) groups is 1. The molecule has 0 radical (unpaired) electrons. The molecule has 0 saturated carbocycles. The Morgan fingerprint density at radius 3 is 2.41 bits per heavy atom. The molecular formula is C14H11NOS. The van der Waals surface area contributed by atoms with Gasteiger partial charge in [-0.25, -0.2) is 0 Å². The molecule has 1 aliphatic heterocycles. The molecule has 17 heavy (non-hydrogen) atoms. The first kappa shape index (κ1) is 10.4. The van der Waals surface area contributed by atoms with Gasteiger partial charge in [0.05, 0.1) is 0 Å². The third kappa shape index (κ3) is 1.63. The van der Waals surface area contributed by atoms with Crippen LogP contribution < -0.4 is 5.32 Å². The number of fused-ring (bicyclic) bond motifs is 1. The lowest BCUT2D eigenvalue weighted by atomic mass is 10.1. The Kier molecular flexibility index (Phi) is 2.41. The molecular weight excluding hydrogens is 230 g/mol. The molecule has 0 spiro atoms. The Balaban J connectivity index is 2.06. The van der Waals surface area contributed by atoms with Gasteiger partial charge in [0.15, 0.2) is 11.2 Å². The molecule has 1 unspecified atom stereocenters. The van der Waals surface area contributed by atoms with Gasteiger partial charge in [-0.1, -0.05) is 54.2 Å². The summed E-state index contributed by atoms with van der Waals surface area (Å²) < 4.78 is 0. The minimum absolute atomic E-state index is 0.676. The number of carbonyl (C=O) groups excluding carboxylic acids is 1. The van der Waals surface area contributed by atoms with Gasteiger partial charge >= 0.3 is 0 Å². The molecule has 2 nitrogen and oxygen atoms in total. The minimum Gasteiger partial charge on any atom is -0.360 e. The maximum Gasteiger partial charge on any atom is 0.170 e. The van der Waals surface area contributed by atoms with Crippen LogP contribution in [0.1, 0.15) is 5.56 Å². The molecule has 84 valence electrons. The van der Waals surface area contributed by atoms with Crippen LogP contribution in [0.2, 0.25) is 0 Å². The summed E-state index contributed by atoms with van der Waals surface area (Å²) in [6.07, 6.45) is 0.979. The molecule has 2 aromatic rings. The number of hydrogen-bond donors (Lipinski definition) is 1. The second kappa shape index (κ2) is 3.93. The fourth-order valence-electron chi connectivity index (χ4n) is 2.00. The topological polar surface area (TPSA) is 29.1 Å². The first-order valence-corrected chi connectivity index (χ1v) is 6.24. The van der Waals surface area contributed by atoms with Crippen LogP contribution in [0.25, 0.3) is 0 Å². The van der Waals surface area contributed by atoms with Crippen LogP contribution in [-0.4, -0.2) is 6.29 Å². The molecule has 0 fully saturated rings.